The molecular formula is C19H23N5O6S2. The van der Waals surface area contributed by atoms with E-state index < -0.39 is 21.8 Å². The van der Waals surface area contributed by atoms with Crippen LogP contribution in [0.2, 0.25) is 0 Å². The lowest BCUT2D eigenvalue weighted by atomic mass is 10.2. The van der Waals surface area contributed by atoms with Crippen LogP contribution in [0.3, 0.4) is 0 Å². The summed E-state index contributed by atoms with van der Waals surface area (Å²) in [5.41, 5.74) is 4.82. The third-order valence-corrected chi connectivity index (χ3v) is 7.35. The first-order valence-corrected chi connectivity index (χ1v) is 12.3. The van der Waals surface area contributed by atoms with E-state index in [0.29, 0.717) is 31.4 Å². The molecule has 172 valence electrons. The van der Waals surface area contributed by atoms with Crippen LogP contribution in [0, 0.1) is 0 Å². The fourth-order valence-electron chi connectivity index (χ4n) is 3.03. The molecule has 1 saturated carbocycles. The number of nitrogens with zero attached hydrogens (tertiary/aromatic N) is 2. The van der Waals surface area contributed by atoms with Crippen LogP contribution in [-0.4, -0.2) is 64.7 Å². The Balaban J connectivity index is 1.41. The molecule has 1 aliphatic carbocycles. The van der Waals surface area contributed by atoms with Gasteiger partial charge in [0, 0.05) is 30.1 Å². The van der Waals surface area contributed by atoms with Crippen LogP contribution in [0.15, 0.2) is 28.5 Å². The highest BCUT2D eigenvalue weighted by atomic mass is 32.2. The zero-order valence-electron chi connectivity index (χ0n) is 17.3. The van der Waals surface area contributed by atoms with Crippen LogP contribution in [-0.2, 0) is 14.8 Å². The summed E-state index contributed by atoms with van der Waals surface area (Å²) in [5.74, 6) is -1.13. The van der Waals surface area contributed by atoms with Crippen LogP contribution in [0.25, 0.3) is 0 Å². The monoisotopic (exact) mass is 481 g/mol. The number of carbonyl (C=O) groups is 2. The molecule has 1 aromatic carbocycles. The van der Waals surface area contributed by atoms with Gasteiger partial charge in [-0.3, -0.25) is 20.4 Å². The van der Waals surface area contributed by atoms with Crippen molar-refractivity contribution in [3.8, 4) is 5.75 Å². The number of thiazole rings is 1. The highest BCUT2D eigenvalue weighted by Gasteiger charge is 2.30. The zero-order chi connectivity index (χ0) is 22.7. The minimum atomic E-state index is -3.84. The second-order valence-corrected chi connectivity index (χ2v) is 9.80. The number of hydrogen-bond donors (Lipinski definition) is 3. The molecule has 13 heteroatoms. The Bertz CT molecular complexity index is 1110. The van der Waals surface area contributed by atoms with Gasteiger partial charge in [-0.1, -0.05) is 0 Å². The second kappa shape index (κ2) is 9.40. The molecule has 11 nitrogen and oxygen atoms in total. The van der Waals surface area contributed by atoms with Crippen molar-refractivity contribution in [3.63, 3.8) is 0 Å². The van der Waals surface area contributed by atoms with Gasteiger partial charge in [-0.05, 0) is 31.0 Å². The van der Waals surface area contributed by atoms with Crippen molar-refractivity contribution in [2.75, 3.05) is 38.3 Å². The number of anilines is 1. The summed E-state index contributed by atoms with van der Waals surface area (Å²) in [5, 5.41) is 2.31. The number of amides is 2. The number of morpholine rings is 1. The lowest BCUT2D eigenvalue weighted by molar-refractivity contribution is 0.0844. The van der Waals surface area contributed by atoms with Crippen LogP contribution < -0.4 is 25.2 Å². The molecular weight excluding hydrogens is 458 g/mol. The number of rotatable bonds is 7. The van der Waals surface area contributed by atoms with E-state index in [9.17, 15) is 18.0 Å². The summed E-state index contributed by atoms with van der Waals surface area (Å²) in [7, 11) is -2.49. The number of ether oxygens (including phenoxy) is 2. The Morgan fingerprint density at radius 3 is 2.59 bits per heavy atom. The molecule has 1 aromatic heterocycles. The molecule has 0 radical (unpaired) electrons. The van der Waals surface area contributed by atoms with Crippen molar-refractivity contribution in [3.05, 3.63) is 34.8 Å². The van der Waals surface area contributed by atoms with Crippen molar-refractivity contribution >= 4 is 38.3 Å². The third kappa shape index (κ3) is 5.18. The molecule has 0 unspecified atom stereocenters. The molecule has 1 aliphatic heterocycles. The number of benzene rings is 1. The van der Waals surface area contributed by atoms with E-state index in [2.05, 4.69) is 20.6 Å². The Hall–Kier alpha value is -2.74. The topological polar surface area (TPSA) is 139 Å². The van der Waals surface area contributed by atoms with Gasteiger partial charge in [-0.25, -0.2) is 18.1 Å². The standard InChI is InChI=1S/C19H23N5O6S2/c1-29-15-5-2-12(10-16(15)32(27,28)23-13-3-4-13)17(25)21-22-18(26)14-11-31-19(20-14)24-6-8-30-9-7-24/h2,5,10-11,13,23H,3-4,6-9H2,1H3,(H,21,25)(H,22,26). The van der Waals surface area contributed by atoms with Gasteiger partial charge in [0.05, 0.1) is 20.3 Å². The van der Waals surface area contributed by atoms with Crippen molar-refractivity contribution in [1.82, 2.24) is 20.6 Å². The average molecular weight is 482 g/mol. The Kier molecular flexibility index (Phi) is 6.60. The largest absolute Gasteiger partial charge is 0.495 e. The Morgan fingerprint density at radius 2 is 1.91 bits per heavy atom. The van der Waals surface area contributed by atoms with Gasteiger partial charge in [0.2, 0.25) is 10.0 Å². The molecule has 4 rings (SSSR count). The van der Waals surface area contributed by atoms with Gasteiger partial charge in [-0.15, -0.1) is 11.3 Å². The van der Waals surface area contributed by atoms with Gasteiger partial charge < -0.3 is 14.4 Å². The highest BCUT2D eigenvalue weighted by Crippen LogP contribution is 2.28. The van der Waals surface area contributed by atoms with Gasteiger partial charge in [-0.2, -0.15) is 0 Å². The summed E-state index contributed by atoms with van der Waals surface area (Å²) < 4.78 is 38.2. The van der Waals surface area contributed by atoms with Gasteiger partial charge >= 0.3 is 0 Å². The number of hydrogen-bond acceptors (Lipinski definition) is 9. The molecule has 2 fully saturated rings. The molecule has 32 heavy (non-hydrogen) atoms. The number of methoxy groups -OCH3 is 1. The smallest absolute Gasteiger partial charge is 0.289 e. The quantitative estimate of drug-likeness (QED) is 0.486. The lowest BCUT2D eigenvalue weighted by Gasteiger charge is -2.25. The number of hydrazine groups is 1. The van der Waals surface area contributed by atoms with Gasteiger partial charge in [0.25, 0.3) is 11.8 Å². The average Bonchev–Trinajstić information content (AvgIpc) is 3.46. The molecule has 0 atom stereocenters. The first-order valence-electron chi connectivity index (χ1n) is 9.96. The van der Waals surface area contributed by atoms with Crippen molar-refractivity contribution < 1.29 is 27.5 Å². The molecule has 2 amide bonds. The zero-order valence-corrected chi connectivity index (χ0v) is 18.9. The Morgan fingerprint density at radius 1 is 1.19 bits per heavy atom. The first kappa shape index (κ1) is 22.5. The van der Waals surface area contributed by atoms with E-state index >= 15 is 0 Å². The maximum atomic E-state index is 12.6. The molecule has 3 N–H and O–H groups in total. The summed E-state index contributed by atoms with van der Waals surface area (Å²) in [4.78, 5) is 31.1. The summed E-state index contributed by atoms with van der Waals surface area (Å²) >= 11 is 1.33. The maximum absolute atomic E-state index is 12.6. The van der Waals surface area contributed by atoms with E-state index in [0.717, 1.165) is 12.8 Å². The number of aromatic nitrogens is 1. The molecule has 0 bridgehead atoms. The predicted molar refractivity (Wildman–Crippen MR) is 116 cm³/mol. The first-order chi connectivity index (χ1) is 15.4. The van der Waals surface area contributed by atoms with Crippen LogP contribution in [0.5, 0.6) is 5.75 Å². The lowest BCUT2D eigenvalue weighted by Crippen LogP contribution is -2.42. The van der Waals surface area contributed by atoms with E-state index in [4.69, 9.17) is 9.47 Å². The summed E-state index contributed by atoms with van der Waals surface area (Å²) in [6, 6.07) is 3.93. The number of carbonyl (C=O) groups excluding carboxylic acids is 2. The van der Waals surface area contributed by atoms with Crippen LogP contribution in [0.1, 0.15) is 33.7 Å². The molecule has 2 heterocycles. The minimum Gasteiger partial charge on any atom is -0.495 e. The highest BCUT2D eigenvalue weighted by molar-refractivity contribution is 7.89. The van der Waals surface area contributed by atoms with Crippen molar-refractivity contribution in [2.24, 2.45) is 0 Å². The molecule has 1 saturated heterocycles. The molecule has 2 aliphatic rings. The summed E-state index contributed by atoms with van der Waals surface area (Å²) in [6.07, 6.45) is 1.55. The Labute approximate surface area is 189 Å². The van der Waals surface area contributed by atoms with E-state index in [-0.39, 0.29) is 27.9 Å². The SMILES string of the molecule is COc1ccc(C(=O)NNC(=O)c2csc(N3CCOCC3)n2)cc1S(=O)(=O)NC1CC1. The van der Waals surface area contributed by atoms with Crippen LogP contribution in [0.4, 0.5) is 5.13 Å². The van der Waals surface area contributed by atoms with E-state index in [1.54, 1.807) is 5.38 Å². The van der Waals surface area contributed by atoms with Crippen LogP contribution >= 0.6 is 11.3 Å². The second-order valence-electron chi connectivity index (χ2n) is 7.28. The molecule has 2 aromatic rings. The van der Waals surface area contributed by atoms with Crippen molar-refractivity contribution in [2.45, 2.75) is 23.8 Å². The van der Waals surface area contributed by atoms with E-state index in [1.165, 1.54) is 36.6 Å². The maximum Gasteiger partial charge on any atom is 0.289 e. The normalized spacial score (nSPS) is 16.5. The van der Waals surface area contributed by atoms with E-state index in [1.807, 2.05) is 4.90 Å². The predicted octanol–water partition coefficient (Wildman–Crippen LogP) is 0.504. The van der Waals surface area contributed by atoms with Gasteiger partial charge in [0.1, 0.15) is 16.3 Å². The van der Waals surface area contributed by atoms with Crippen molar-refractivity contribution in [1.29, 1.82) is 0 Å². The number of sulfonamides is 1. The fraction of sp³-hybridized carbons (Fsp3) is 0.421. The summed E-state index contributed by atoms with van der Waals surface area (Å²) in [6.45, 7) is 2.60. The molecule has 0 spiro atoms. The minimum absolute atomic E-state index is 0.0505. The number of nitrogens with one attached hydrogen (secondary N) is 3. The van der Waals surface area contributed by atoms with Gasteiger partial charge in [0.15, 0.2) is 5.13 Å². The third-order valence-electron chi connectivity index (χ3n) is 4.91. The fourth-order valence-corrected chi connectivity index (χ4v) is 5.39.